The SMILES string of the molecule is Cc1ccc(NC(=O)C(C#N)=Cc2cc(C)n(-c3cccnc3)c2C)cc1C. The Morgan fingerprint density at radius 1 is 1.14 bits per heavy atom. The van der Waals surface area contributed by atoms with Crippen molar-refractivity contribution in [3.63, 3.8) is 0 Å². The minimum absolute atomic E-state index is 0.0599. The number of rotatable bonds is 4. The van der Waals surface area contributed by atoms with Crippen molar-refractivity contribution in [2.24, 2.45) is 0 Å². The number of amides is 1. The Morgan fingerprint density at radius 2 is 1.93 bits per heavy atom. The summed E-state index contributed by atoms with van der Waals surface area (Å²) >= 11 is 0. The highest BCUT2D eigenvalue weighted by Crippen LogP contribution is 2.23. The fourth-order valence-electron chi connectivity index (χ4n) is 3.14. The molecule has 28 heavy (non-hydrogen) atoms. The quantitative estimate of drug-likeness (QED) is 0.537. The summed E-state index contributed by atoms with van der Waals surface area (Å²) < 4.78 is 2.05. The highest BCUT2D eigenvalue weighted by atomic mass is 16.1. The van der Waals surface area contributed by atoms with Crippen LogP contribution in [0.1, 0.15) is 28.1 Å². The number of hydrogen-bond donors (Lipinski definition) is 1. The minimum atomic E-state index is -0.420. The fourth-order valence-corrected chi connectivity index (χ4v) is 3.14. The number of benzene rings is 1. The van der Waals surface area contributed by atoms with Crippen LogP contribution in [0.15, 0.2) is 54.4 Å². The van der Waals surface area contributed by atoms with Crippen LogP contribution in [0.4, 0.5) is 5.69 Å². The van der Waals surface area contributed by atoms with E-state index >= 15 is 0 Å². The van der Waals surface area contributed by atoms with Crippen molar-refractivity contribution in [1.29, 1.82) is 5.26 Å². The predicted octanol–water partition coefficient (Wildman–Crippen LogP) is 4.65. The van der Waals surface area contributed by atoms with Crippen molar-refractivity contribution >= 4 is 17.7 Å². The summed E-state index contributed by atoms with van der Waals surface area (Å²) in [6.07, 6.45) is 5.14. The van der Waals surface area contributed by atoms with Crippen molar-refractivity contribution in [2.45, 2.75) is 27.7 Å². The summed E-state index contributed by atoms with van der Waals surface area (Å²) in [4.78, 5) is 16.8. The molecule has 0 atom stereocenters. The second-order valence-corrected chi connectivity index (χ2v) is 6.80. The van der Waals surface area contributed by atoms with Crippen LogP contribution in [0, 0.1) is 39.0 Å². The molecular formula is C23H22N4O. The summed E-state index contributed by atoms with van der Waals surface area (Å²) in [6, 6.07) is 13.5. The van der Waals surface area contributed by atoms with Crippen molar-refractivity contribution in [3.8, 4) is 11.8 Å². The third-order valence-corrected chi connectivity index (χ3v) is 4.80. The van der Waals surface area contributed by atoms with Gasteiger partial charge in [0, 0.05) is 23.3 Å². The van der Waals surface area contributed by atoms with Gasteiger partial charge in [-0.3, -0.25) is 9.78 Å². The first-order valence-electron chi connectivity index (χ1n) is 9.00. The van der Waals surface area contributed by atoms with Gasteiger partial charge in [-0.25, -0.2) is 0 Å². The Balaban J connectivity index is 1.91. The van der Waals surface area contributed by atoms with E-state index in [4.69, 9.17) is 0 Å². The molecule has 0 saturated carbocycles. The van der Waals surface area contributed by atoms with Crippen LogP contribution in [-0.4, -0.2) is 15.5 Å². The van der Waals surface area contributed by atoms with E-state index < -0.39 is 5.91 Å². The van der Waals surface area contributed by atoms with Crippen LogP contribution in [-0.2, 0) is 4.79 Å². The lowest BCUT2D eigenvalue weighted by atomic mass is 10.1. The number of nitriles is 1. The number of carbonyl (C=O) groups excluding carboxylic acids is 1. The summed E-state index contributed by atoms with van der Waals surface area (Å²) in [7, 11) is 0. The number of aryl methyl sites for hydroxylation is 3. The standard InChI is InChI=1S/C23H22N4O/c1-15-7-8-21(10-16(15)2)26-23(28)20(13-24)12-19-11-17(3)27(18(19)4)22-6-5-9-25-14-22/h5-12,14H,1-4H3,(H,26,28). The first-order chi connectivity index (χ1) is 13.4. The monoisotopic (exact) mass is 370 g/mol. The van der Waals surface area contributed by atoms with Gasteiger partial charge >= 0.3 is 0 Å². The number of nitrogens with one attached hydrogen (secondary N) is 1. The molecule has 5 nitrogen and oxygen atoms in total. The van der Waals surface area contributed by atoms with Gasteiger partial charge in [-0.2, -0.15) is 5.26 Å². The van der Waals surface area contributed by atoms with Crippen LogP contribution < -0.4 is 5.32 Å². The zero-order chi connectivity index (χ0) is 20.3. The Bertz CT molecular complexity index is 1100. The number of nitrogens with zero attached hydrogens (tertiary/aromatic N) is 3. The number of hydrogen-bond acceptors (Lipinski definition) is 3. The normalized spacial score (nSPS) is 11.2. The molecule has 0 fully saturated rings. The van der Waals surface area contributed by atoms with E-state index in [1.54, 1.807) is 18.5 Å². The number of pyridine rings is 1. The molecule has 0 unspecified atom stereocenters. The predicted molar refractivity (Wildman–Crippen MR) is 111 cm³/mol. The zero-order valence-corrected chi connectivity index (χ0v) is 16.4. The average molecular weight is 370 g/mol. The van der Waals surface area contributed by atoms with Crippen LogP contribution in [0.25, 0.3) is 11.8 Å². The van der Waals surface area contributed by atoms with Crippen LogP contribution in [0.3, 0.4) is 0 Å². The molecular weight excluding hydrogens is 348 g/mol. The molecule has 0 aliphatic rings. The number of aromatic nitrogens is 2. The van der Waals surface area contributed by atoms with E-state index in [1.807, 2.05) is 70.2 Å². The topological polar surface area (TPSA) is 70.7 Å². The largest absolute Gasteiger partial charge is 0.321 e. The highest BCUT2D eigenvalue weighted by molar-refractivity contribution is 6.09. The minimum Gasteiger partial charge on any atom is -0.321 e. The number of anilines is 1. The molecule has 1 N–H and O–H groups in total. The van der Waals surface area contributed by atoms with Crippen molar-refractivity contribution < 1.29 is 4.79 Å². The number of carbonyl (C=O) groups is 1. The van der Waals surface area contributed by atoms with Gasteiger partial charge in [0.25, 0.3) is 5.91 Å². The van der Waals surface area contributed by atoms with E-state index in [0.29, 0.717) is 5.69 Å². The zero-order valence-electron chi connectivity index (χ0n) is 16.4. The Hall–Kier alpha value is -3.65. The molecule has 0 radical (unpaired) electrons. The Morgan fingerprint density at radius 3 is 2.57 bits per heavy atom. The molecule has 5 heteroatoms. The Labute approximate surface area is 165 Å². The summed E-state index contributed by atoms with van der Waals surface area (Å²) in [6.45, 7) is 7.94. The van der Waals surface area contributed by atoms with Gasteiger partial charge in [0.2, 0.25) is 0 Å². The van der Waals surface area contributed by atoms with Gasteiger partial charge in [0.05, 0.1) is 11.9 Å². The van der Waals surface area contributed by atoms with Gasteiger partial charge in [-0.15, -0.1) is 0 Å². The third-order valence-electron chi connectivity index (χ3n) is 4.80. The van der Waals surface area contributed by atoms with E-state index in [9.17, 15) is 10.1 Å². The lowest BCUT2D eigenvalue weighted by molar-refractivity contribution is -0.112. The molecule has 0 spiro atoms. The maximum absolute atomic E-state index is 12.6. The van der Waals surface area contributed by atoms with Crippen LogP contribution in [0.2, 0.25) is 0 Å². The molecule has 2 aromatic heterocycles. The molecule has 0 saturated heterocycles. The lowest BCUT2D eigenvalue weighted by Crippen LogP contribution is -2.13. The van der Waals surface area contributed by atoms with Gasteiger partial charge in [0.1, 0.15) is 11.6 Å². The van der Waals surface area contributed by atoms with Crippen LogP contribution >= 0.6 is 0 Å². The van der Waals surface area contributed by atoms with Crippen molar-refractivity contribution in [2.75, 3.05) is 5.32 Å². The maximum Gasteiger partial charge on any atom is 0.266 e. The molecule has 0 aliphatic heterocycles. The van der Waals surface area contributed by atoms with Crippen LogP contribution in [0.5, 0.6) is 0 Å². The lowest BCUT2D eigenvalue weighted by Gasteiger charge is -2.09. The van der Waals surface area contributed by atoms with Gasteiger partial charge in [-0.1, -0.05) is 6.07 Å². The maximum atomic E-state index is 12.6. The molecule has 140 valence electrons. The molecule has 2 heterocycles. The first kappa shape index (κ1) is 19.1. The van der Waals surface area contributed by atoms with E-state index in [2.05, 4.69) is 14.9 Å². The molecule has 3 rings (SSSR count). The van der Waals surface area contributed by atoms with Gasteiger partial charge < -0.3 is 9.88 Å². The van der Waals surface area contributed by atoms with E-state index in [-0.39, 0.29) is 5.57 Å². The second-order valence-electron chi connectivity index (χ2n) is 6.80. The molecule has 0 bridgehead atoms. The summed E-state index contributed by atoms with van der Waals surface area (Å²) in [5, 5.41) is 12.3. The molecule has 1 amide bonds. The average Bonchev–Trinajstić information content (AvgIpc) is 2.96. The highest BCUT2D eigenvalue weighted by Gasteiger charge is 2.14. The fraction of sp³-hybridized carbons (Fsp3) is 0.174. The van der Waals surface area contributed by atoms with Gasteiger partial charge in [-0.05, 0) is 80.8 Å². The molecule has 0 aliphatic carbocycles. The van der Waals surface area contributed by atoms with Gasteiger partial charge in [0.15, 0.2) is 0 Å². The summed E-state index contributed by atoms with van der Waals surface area (Å²) in [5.74, 6) is -0.420. The Kier molecular flexibility index (Phi) is 5.42. The van der Waals surface area contributed by atoms with E-state index in [1.165, 1.54) is 0 Å². The smallest absolute Gasteiger partial charge is 0.266 e. The summed E-state index contributed by atoms with van der Waals surface area (Å²) in [5.41, 5.74) is 6.68. The second kappa shape index (κ2) is 7.93. The van der Waals surface area contributed by atoms with Crippen molar-refractivity contribution in [1.82, 2.24) is 9.55 Å². The first-order valence-corrected chi connectivity index (χ1v) is 9.00. The van der Waals surface area contributed by atoms with Crippen molar-refractivity contribution in [3.05, 3.63) is 82.4 Å². The molecule has 1 aromatic carbocycles. The third kappa shape index (κ3) is 3.86. The van der Waals surface area contributed by atoms with E-state index in [0.717, 1.165) is 33.8 Å². The molecule has 3 aromatic rings.